The molecule has 0 amide bonds. The zero-order chi connectivity index (χ0) is 13.8. The number of hydrogen-bond acceptors (Lipinski definition) is 3. The van der Waals surface area contributed by atoms with Gasteiger partial charge in [0.25, 0.3) is 0 Å². The lowest BCUT2D eigenvalue weighted by Crippen LogP contribution is -2.36. The summed E-state index contributed by atoms with van der Waals surface area (Å²) in [6, 6.07) is 8.44. The number of nitrogens with one attached hydrogen (secondary N) is 1. The fraction of sp³-hybridized carbons (Fsp3) is 0.471. The van der Waals surface area contributed by atoms with E-state index in [1.54, 1.807) is 0 Å². The molecular weight excluding hydrogens is 248 g/mol. The monoisotopic (exact) mass is 270 g/mol. The van der Waals surface area contributed by atoms with Gasteiger partial charge in [0.1, 0.15) is 0 Å². The summed E-state index contributed by atoms with van der Waals surface area (Å²) in [5.41, 5.74) is 1.65. The minimum atomic E-state index is 0.371. The SMILES string of the molecule is CC1(CNCc2cncc3ccccc23)CCOCC1. The van der Waals surface area contributed by atoms with E-state index in [-0.39, 0.29) is 0 Å². The van der Waals surface area contributed by atoms with Crippen LogP contribution in [0.1, 0.15) is 25.3 Å². The van der Waals surface area contributed by atoms with Crippen LogP contribution in [0.3, 0.4) is 0 Å². The number of hydrogen-bond donors (Lipinski definition) is 1. The fourth-order valence-electron chi connectivity index (χ4n) is 2.86. The highest BCUT2D eigenvalue weighted by Crippen LogP contribution is 2.28. The summed E-state index contributed by atoms with van der Waals surface area (Å²) in [5.74, 6) is 0. The van der Waals surface area contributed by atoms with Crippen LogP contribution in [0.4, 0.5) is 0 Å². The second kappa shape index (κ2) is 5.90. The van der Waals surface area contributed by atoms with E-state index in [1.165, 1.54) is 16.3 Å². The highest BCUT2D eigenvalue weighted by atomic mass is 16.5. The van der Waals surface area contributed by atoms with Gasteiger partial charge >= 0.3 is 0 Å². The van der Waals surface area contributed by atoms with E-state index in [4.69, 9.17) is 4.74 Å². The van der Waals surface area contributed by atoms with Crippen molar-refractivity contribution in [1.29, 1.82) is 0 Å². The molecule has 3 rings (SSSR count). The van der Waals surface area contributed by atoms with Crippen LogP contribution >= 0.6 is 0 Å². The van der Waals surface area contributed by atoms with E-state index in [9.17, 15) is 0 Å². The van der Waals surface area contributed by atoms with E-state index in [2.05, 4.69) is 41.5 Å². The van der Waals surface area contributed by atoms with Crippen molar-refractivity contribution in [2.45, 2.75) is 26.3 Å². The molecule has 0 unspecified atom stereocenters. The van der Waals surface area contributed by atoms with E-state index in [0.717, 1.165) is 39.1 Å². The van der Waals surface area contributed by atoms with Gasteiger partial charge in [0, 0.05) is 44.1 Å². The predicted octanol–water partition coefficient (Wildman–Crippen LogP) is 3.14. The number of pyridine rings is 1. The Morgan fingerprint density at radius 1 is 1.20 bits per heavy atom. The van der Waals surface area contributed by atoms with E-state index in [1.807, 2.05) is 12.4 Å². The molecule has 1 aromatic heterocycles. The lowest BCUT2D eigenvalue weighted by Gasteiger charge is -2.33. The topological polar surface area (TPSA) is 34.2 Å². The Balaban J connectivity index is 1.65. The average Bonchev–Trinajstić information content (AvgIpc) is 2.48. The summed E-state index contributed by atoms with van der Waals surface area (Å²) in [6.45, 7) is 6.07. The maximum atomic E-state index is 5.45. The largest absolute Gasteiger partial charge is 0.381 e. The summed E-state index contributed by atoms with van der Waals surface area (Å²) < 4.78 is 5.45. The molecule has 1 fully saturated rings. The number of fused-ring (bicyclic) bond motifs is 1. The van der Waals surface area contributed by atoms with Gasteiger partial charge in [0.2, 0.25) is 0 Å². The third-order valence-corrected chi connectivity index (χ3v) is 4.32. The van der Waals surface area contributed by atoms with Crippen molar-refractivity contribution in [2.75, 3.05) is 19.8 Å². The molecule has 2 aromatic rings. The summed E-state index contributed by atoms with van der Waals surface area (Å²) in [5, 5.41) is 6.12. The van der Waals surface area contributed by atoms with Crippen molar-refractivity contribution in [1.82, 2.24) is 10.3 Å². The van der Waals surface area contributed by atoms with Crippen LogP contribution in [-0.2, 0) is 11.3 Å². The molecule has 0 spiro atoms. The molecule has 0 atom stereocenters. The first-order chi connectivity index (χ1) is 9.77. The third-order valence-electron chi connectivity index (χ3n) is 4.32. The molecule has 0 aliphatic carbocycles. The molecule has 1 aliphatic heterocycles. The van der Waals surface area contributed by atoms with Gasteiger partial charge in [0.15, 0.2) is 0 Å². The molecular formula is C17H22N2O. The Bertz CT molecular complexity index is 571. The van der Waals surface area contributed by atoms with Gasteiger partial charge in [-0.25, -0.2) is 0 Å². The van der Waals surface area contributed by atoms with Gasteiger partial charge in [0.05, 0.1) is 0 Å². The number of ether oxygens (including phenoxy) is 1. The number of aromatic nitrogens is 1. The van der Waals surface area contributed by atoms with E-state index >= 15 is 0 Å². The quantitative estimate of drug-likeness (QED) is 0.926. The van der Waals surface area contributed by atoms with Crippen LogP contribution < -0.4 is 5.32 Å². The van der Waals surface area contributed by atoms with Gasteiger partial charge in [-0.1, -0.05) is 31.2 Å². The van der Waals surface area contributed by atoms with E-state index in [0.29, 0.717) is 5.41 Å². The number of nitrogens with zero attached hydrogens (tertiary/aromatic N) is 1. The smallest absolute Gasteiger partial charge is 0.0471 e. The molecule has 2 heterocycles. The Hall–Kier alpha value is -1.45. The summed E-state index contributed by atoms with van der Waals surface area (Å²) in [7, 11) is 0. The standard InChI is InChI=1S/C17H22N2O/c1-17(6-8-20-9-7-17)13-19-12-15-11-18-10-14-4-2-3-5-16(14)15/h2-5,10-11,19H,6-9,12-13H2,1H3. The summed E-state index contributed by atoms with van der Waals surface area (Å²) in [6.07, 6.45) is 6.20. The van der Waals surface area contributed by atoms with Crippen molar-refractivity contribution >= 4 is 10.8 Å². The van der Waals surface area contributed by atoms with Crippen molar-refractivity contribution in [3.05, 3.63) is 42.2 Å². The van der Waals surface area contributed by atoms with Gasteiger partial charge < -0.3 is 10.1 Å². The normalized spacial score (nSPS) is 18.2. The van der Waals surface area contributed by atoms with Gasteiger partial charge in [-0.2, -0.15) is 0 Å². The zero-order valence-corrected chi connectivity index (χ0v) is 12.1. The number of rotatable bonds is 4. The van der Waals surface area contributed by atoms with E-state index < -0.39 is 0 Å². The molecule has 1 aromatic carbocycles. The maximum Gasteiger partial charge on any atom is 0.0471 e. The first-order valence-corrected chi connectivity index (χ1v) is 7.37. The average molecular weight is 270 g/mol. The molecule has 0 saturated carbocycles. The Kier molecular flexibility index (Phi) is 3.99. The predicted molar refractivity (Wildman–Crippen MR) is 81.6 cm³/mol. The number of benzene rings is 1. The maximum absolute atomic E-state index is 5.45. The van der Waals surface area contributed by atoms with Crippen molar-refractivity contribution < 1.29 is 4.74 Å². The van der Waals surface area contributed by atoms with Gasteiger partial charge in [-0.3, -0.25) is 4.98 Å². The molecule has 106 valence electrons. The van der Waals surface area contributed by atoms with Crippen LogP contribution in [0.15, 0.2) is 36.7 Å². The van der Waals surface area contributed by atoms with Crippen LogP contribution in [0.5, 0.6) is 0 Å². The van der Waals surface area contributed by atoms with Crippen LogP contribution in [-0.4, -0.2) is 24.7 Å². The zero-order valence-electron chi connectivity index (χ0n) is 12.1. The first-order valence-electron chi connectivity index (χ1n) is 7.37. The minimum absolute atomic E-state index is 0.371. The second-order valence-corrected chi connectivity index (χ2v) is 6.05. The molecule has 1 aliphatic rings. The highest BCUT2D eigenvalue weighted by Gasteiger charge is 2.26. The Morgan fingerprint density at radius 3 is 2.85 bits per heavy atom. The molecule has 20 heavy (non-hydrogen) atoms. The second-order valence-electron chi connectivity index (χ2n) is 6.05. The summed E-state index contributed by atoms with van der Waals surface area (Å²) >= 11 is 0. The van der Waals surface area contributed by atoms with Crippen molar-refractivity contribution in [2.24, 2.45) is 5.41 Å². The first kappa shape index (κ1) is 13.5. The molecule has 0 radical (unpaired) electrons. The molecule has 3 nitrogen and oxygen atoms in total. The van der Waals surface area contributed by atoms with Gasteiger partial charge in [-0.05, 0) is 29.2 Å². The van der Waals surface area contributed by atoms with Crippen LogP contribution in [0.25, 0.3) is 10.8 Å². The lowest BCUT2D eigenvalue weighted by molar-refractivity contribution is 0.0240. The molecule has 1 N–H and O–H groups in total. The fourth-order valence-corrected chi connectivity index (χ4v) is 2.86. The third kappa shape index (κ3) is 3.00. The molecule has 1 saturated heterocycles. The lowest BCUT2D eigenvalue weighted by atomic mass is 9.82. The Labute approximate surface area is 120 Å². The van der Waals surface area contributed by atoms with Crippen LogP contribution in [0, 0.1) is 5.41 Å². The summed E-state index contributed by atoms with van der Waals surface area (Å²) in [4.78, 5) is 4.34. The van der Waals surface area contributed by atoms with Gasteiger partial charge in [-0.15, -0.1) is 0 Å². The van der Waals surface area contributed by atoms with Crippen molar-refractivity contribution in [3.63, 3.8) is 0 Å². The molecule has 3 heteroatoms. The van der Waals surface area contributed by atoms with Crippen molar-refractivity contribution in [3.8, 4) is 0 Å². The Morgan fingerprint density at radius 2 is 2.00 bits per heavy atom. The molecule has 0 bridgehead atoms. The highest BCUT2D eigenvalue weighted by molar-refractivity contribution is 5.84. The van der Waals surface area contributed by atoms with Crippen LogP contribution in [0.2, 0.25) is 0 Å². The minimum Gasteiger partial charge on any atom is -0.381 e.